The maximum absolute atomic E-state index is 13.2. The van der Waals surface area contributed by atoms with Gasteiger partial charge in [0.15, 0.2) is 0 Å². The lowest BCUT2D eigenvalue weighted by Gasteiger charge is -2.05. The summed E-state index contributed by atoms with van der Waals surface area (Å²) >= 11 is 3.23. The Hall–Kier alpha value is -0.670. The van der Waals surface area contributed by atoms with Gasteiger partial charge in [-0.15, -0.1) is 0 Å². The summed E-state index contributed by atoms with van der Waals surface area (Å²) in [6.45, 7) is 6.81. The lowest BCUT2D eigenvalue weighted by Crippen LogP contribution is -2.15. The van der Waals surface area contributed by atoms with Crippen molar-refractivity contribution in [3.05, 3.63) is 46.2 Å². The van der Waals surface area contributed by atoms with Gasteiger partial charge in [-0.1, -0.05) is 40.2 Å². The number of benzene rings is 1. The van der Waals surface area contributed by atoms with Gasteiger partial charge in [0.25, 0.3) is 0 Å². The number of halogens is 2. The molecule has 0 aromatic heterocycles. The van der Waals surface area contributed by atoms with Gasteiger partial charge in [-0.2, -0.15) is 0 Å². The van der Waals surface area contributed by atoms with Crippen LogP contribution in [0.3, 0.4) is 0 Å². The Labute approximate surface area is 92.1 Å². The van der Waals surface area contributed by atoms with E-state index in [2.05, 4.69) is 27.8 Å². The van der Waals surface area contributed by atoms with Crippen molar-refractivity contribution in [3.63, 3.8) is 0 Å². The van der Waals surface area contributed by atoms with Crippen molar-refractivity contribution in [2.45, 2.75) is 13.5 Å². The van der Waals surface area contributed by atoms with Crippen molar-refractivity contribution < 1.29 is 4.39 Å². The van der Waals surface area contributed by atoms with E-state index >= 15 is 0 Å². The molecule has 0 aliphatic heterocycles. The van der Waals surface area contributed by atoms with Crippen LogP contribution in [0.5, 0.6) is 0 Å². The molecular formula is C11H13BrFN. The van der Waals surface area contributed by atoms with Gasteiger partial charge < -0.3 is 5.32 Å². The zero-order valence-electron chi connectivity index (χ0n) is 8.11. The summed E-state index contributed by atoms with van der Waals surface area (Å²) in [5.41, 5.74) is 1.76. The first-order valence-corrected chi connectivity index (χ1v) is 5.18. The predicted octanol–water partition coefficient (Wildman–Crippen LogP) is 3.13. The van der Waals surface area contributed by atoms with E-state index in [0.717, 1.165) is 10.0 Å². The highest BCUT2D eigenvalue weighted by Gasteiger charge is 2.01. The molecule has 76 valence electrons. The summed E-state index contributed by atoms with van der Waals surface area (Å²) in [5.74, 6) is -0.164. The minimum absolute atomic E-state index is 0.164. The Morgan fingerprint density at radius 3 is 2.93 bits per heavy atom. The molecule has 1 N–H and O–H groups in total. The van der Waals surface area contributed by atoms with Gasteiger partial charge >= 0.3 is 0 Å². The Morgan fingerprint density at radius 1 is 1.57 bits per heavy atom. The highest BCUT2D eigenvalue weighted by atomic mass is 79.9. The van der Waals surface area contributed by atoms with Gasteiger partial charge in [-0.05, 0) is 13.0 Å². The number of hydrogen-bond donors (Lipinski definition) is 1. The minimum Gasteiger partial charge on any atom is -0.308 e. The van der Waals surface area contributed by atoms with Crippen LogP contribution >= 0.6 is 15.9 Å². The third-order valence-corrected chi connectivity index (χ3v) is 2.11. The van der Waals surface area contributed by atoms with E-state index in [1.807, 2.05) is 13.0 Å². The SMILES string of the molecule is C=C(Br)CNCc1cc(C)ccc1F. The van der Waals surface area contributed by atoms with E-state index in [1.165, 1.54) is 6.07 Å². The smallest absolute Gasteiger partial charge is 0.127 e. The molecule has 0 saturated heterocycles. The van der Waals surface area contributed by atoms with Crippen LogP contribution in [0.2, 0.25) is 0 Å². The molecule has 0 saturated carbocycles. The van der Waals surface area contributed by atoms with Crippen LogP contribution in [-0.2, 0) is 6.54 Å². The Bertz CT molecular complexity index is 336. The van der Waals surface area contributed by atoms with Crippen LogP contribution in [0.15, 0.2) is 29.3 Å². The van der Waals surface area contributed by atoms with Crippen LogP contribution < -0.4 is 5.32 Å². The average Bonchev–Trinajstić information content (AvgIpc) is 2.10. The second-order valence-corrected chi connectivity index (χ2v) is 4.34. The van der Waals surface area contributed by atoms with Gasteiger partial charge in [0.2, 0.25) is 0 Å². The predicted molar refractivity (Wildman–Crippen MR) is 60.9 cm³/mol. The minimum atomic E-state index is -0.164. The fourth-order valence-electron chi connectivity index (χ4n) is 1.17. The van der Waals surface area contributed by atoms with E-state index in [-0.39, 0.29) is 5.82 Å². The lowest BCUT2D eigenvalue weighted by atomic mass is 10.1. The summed E-state index contributed by atoms with van der Waals surface area (Å²) in [5, 5.41) is 3.08. The van der Waals surface area contributed by atoms with Crippen molar-refractivity contribution in [2.75, 3.05) is 6.54 Å². The fraction of sp³-hybridized carbons (Fsp3) is 0.273. The first-order chi connectivity index (χ1) is 6.59. The molecule has 0 amide bonds. The van der Waals surface area contributed by atoms with E-state index in [9.17, 15) is 4.39 Å². The van der Waals surface area contributed by atoms with Gasteiger partial charge in [0.1, 0.15) is 5.82 Å². The summed E-state index contributed by atoms with van der Waals surface area (Å²) < 4.78 is 14.1. The Morgan fingerprint density at radius 2 is 2.29 bits per heavy atom. The standard InChI is InChI=1S/C11H13BrFN/c1-8-3-4-11(13)10(5-8)7-14-6-9(2)12/h3-5,14H,2,6-7H2,1H3. The molecule has 3 heteroatoms. The van der Waals surface area contributed by atoms with Crippen LogP contribution in [0.4, 0.5) is 4.39 Å². The van der Waals surface area contributed by atoms with Crippen LogP contribution in [0.25, 0.3) is 0 Å². The summed E-state index contributed by atoms with van der Waals surface area (Å²) in [7, 11) is 0. The van der Waals surface area contributed by atoms with Gasteiger partial charge in [-0.3, -0.25) is 0 Å². The third kappa shape index (κ3) is 3.60. The molecule has 1 aromatic rings. The maximum atomic E-state index is 13.2. The molecule has 0 aliphatic rings. The van der Waals surface area contributed by atoms with Crippen molar-refractivity contribution in [1.29, 1.82) is 0 Å². The van der Waals surface area contributed by atoms with Crippen molar-refractivity contribution >= 4 is 15.9 Å². The molecule has 0 radical (unpaired) electrons. The van der Waals surface area contributed by atoms with Crippen LogP contribution in [0.1, 0.15) is 11.1 Å². The van der Waals surface area contributed by atoms with Crippen molar-refractivity contribution in [3.8, 4) is 0 Å². The normalized spacial score (nSPS) is 10.2. The summed E-state index contributed by atoms with van der Waals surface area (Å²) in [6.07, 6.45) is 0. The number of aryl methyl sites for hydroxylation is 1. The lowest BCUT2D eigenvalue weighted by molar-refractivity contribution is 0.596. The largest absolute Gasteiger partial charge is 0.308 e. The zero-order chi connectivity index (χ0) is 10.6. The Balaban J connectivity index is 2.57. The van der Waals surface area contributed by atoms with E-state index < -0.39 is 0 Å². The third-order valence-electron chi connectivity index (χ3n) is 1.83. The second kappa shape index (κ2) is 5.27. The van der Waals surface area contributed by atoms with Gasteiger partial charge in [0.05, 0.1) is 0 Å². The molecule has 1 rings (SSSR count). The molecule has 0 atom stereocenters. The highest BCUT2D eigenvalue weighted by Crippen LogP contribution is 2.09. The zero-order valence-corrected chi connectivity index (χ0v) is 9.70. The highest BCUT2D eigenvalue weighted by molar-refractivity contribution is 9.11. The molecule has 0 heterocycles. The van der Waals surface area contributed by atoms with E-state index in [1.54, 1.807) is 6.07 Å². The maximum Gasteiger partial charge on any atom is 0.127 e. The topological polar surface area (TPSA) is 12.0 Å². The summed E-state index contributed by atoms with van der Waals surface area (Å²) in [6, 6.07) is 5.11. The number of rotatable bonds is 4. The van der Waals surface area contributed by atoms with Crippen LogP contribution in [0, 0.1) is 12.7 Å². The monoisotopic (exact) mass is 257 g/mol. The first kappa shape index (κ1) is 11.4. The Kier molecular flexibility index (Phi) is 4.29. The van der Waals surface area contributed by atoms with Gasteiger partial charge in [-0.25, -0.2) is 4.39 Å². The average molecular weight is 258 g/mol. The molecule has 0 spiro atoms. The fourth-order valence-corrected chi connectivity index (χ4v) is 1.37. The molecule has 0 fully saturated rings. The molecule has 14 heavy (non-hydrogen) atoms. The van der Waals surface area contributed by atoms with E-state index in [0.29, 0.717) is 18.7 Å². The molecule has 0 bridgehead atoms. The molecular weight excluding hydrogens is 245 g/mol. The number of nitrogens with one attached hydrogen (secondary N) is 1. The molecule has 1 aromatic carbocycles. The van der Waals surface area contributed by atoms with Crippen molar-refractivity contribution in [2.24, 2.45) is 0 Å². The molecule has 0 unspecified atom stereocenters. The quantitative estimate of drug-likeness (QED) is 0.874. The molecule has 1 nitrogen and oxygen atoms in total. The summed E-state index contributed by atoms with van der Waals surface area (Å²) in [4.78, 5) is 0. The van der Waals surface area contributed by atoms with Crippen LogP contribution in [-0.4, -0.2) is 6.54 Å². The number of hydrogen-bond acceptors (Lipinski definition) is 1. The second-order valence-electron chi connectivity index (χ2n) is 3.22. The molecule has 0 aliphatic carbocycles. The first-order valence-electron chi connectivity index (χ1n) is 4.38. The van der Waals surface area contributed by atoms with Gasteiger partial charge in [0, 0.05) is 23.1 Å². The van der Waals surface area contributed by atoms with E-state index in [4.69, 9.17) is 0 Å². The van der Waals surface area contributed by atoms with Crippen molar-refractivity contribution in [1.82, 2.24) is 5.32 Å².